The molecule has 0 aliphatic carbocycles. The number of ether oxygens (including phenoxy) is 1. The van der Waals surface area contributed by atoms with Gasteiger partial charge in [-0.05, 0) is 60.1 Å². The zero-order chi connectivity index (χ0) is 25.5. The zero-order valence-corrected chi connectivity index (χ0v) is 21.6. The molecule has 1 N–H and O–H groups in total. The van der Waals surface area contributed by atoms with Gasteiger partial charge in [0.05, 0.1) is 17.7 Å². The number of carbonyl (C=O) groups is 2. The van der Waals surface area contributed by atoms with Crippen LogP contribution in [0.25, 0.3) is 5.76 Å². The Labute approximate surface area is 208 Å². The summed E-state index contributed by atoms with van der Waals surface area (Å²) in [6, 6.07) is 13.1. The number of carbonyl (C=O) groups excluding carboxylic acids is 2. The molecule has 4 rings (SSSR count). The molecule has 0 spiro atoms. The highest BCUT2D eigenvalue weighted by Gasteiger charge is 2.47. The lowest BCUT2D eigenvalue weighted by Gasteiger charge is -2.28. The fraction of sp³-hybridized carbons (Fsp3) is 0.448. The summed E-state index contributed by atoms with van der Waals surface area (Å²) in [6.45, 7) is 9.21. The normalized spacial score (nSPS) is 22.2. The van der Waals surface area contributed by atoms with E-state index in [1.165, 1.54) is 0 Å². The third-order valence-corrected chi connectivity index (χ3v) is 7.05. The van der Waals surface area contributed by atoms with Gasteiger partial charge >= 0.3 is 0 Å². The zero-order valence-electron chi connectivity index (χ0n) is 21.6. The maximum absolute atomic E-state index is 13.4. The van der Waals surface area contributed by atoms with Gasteiger partial charge in [0.1, 0.15) is 5.76 Å². The van der Waals surface area contributed by atoms with E-state index in [0.29, 0.717) is 18.7 Å². The predicted molar refractivity (Wildman–Crippen MR) is 139 cm³/mol. The number of hydrogen-bond donors (Lipinski definition) is 1. The summed E-state index contributed by atoms with van der Waals surface area (Å²) in [7, 11) is 3.92. The molecule has 186 valence electrons. The topological polar surface area (TPSA) is 70.1 Å². The molecule has 0 radical (unpaired) electrons. The van der Waals surface area contributed by atoms with Crippen LogP contribution < -0.4 is 4.90 Å². The van der Waals surface area contributed by atoms with Crippen molar-refractivity contribution < 1.29 is 19.4 Å². The number of likely N-dealkylation sites (tertiary alicyclic amines) is 1. The van der Waals surface area contributed by atoms with Crippen molar-refractivity contribution in [2.24, 2.45) is 0 Å². The number of amides is 1. The minimum Gasteiger partial charge on any atom is -0.507 e. The summed E-state index contributed by atoms with van der Waals surface area (Å²) in [5.41, 5.74) is 4.29. The molecule has 0 saturated carbocycles. The second-order valence-electron chi connectivity index (χ2n) is 10.9. The molecule has 2 aromatic rings. The fourth-order valence-electron chi connectivity index (χ4n) is 4.87. The van der Waals surface area contributed by atoms with Gasteiger partial charge in [-0.3, -0.25) is 9.59 Å². The van der Waals surface area contributed by atoms with Gasteiger partial charge in [0.15, 0.2) is 0 Å². The number of aliphatic hydroxyl groups excluding tert-OH is 1. The third kappa shape index (κ3) is 4.85. The standard InChI is InChI=1S/C29H36N2O4/c1-18-9-12-20(29(2,3)4)16-23(18)26(32)24-25(19-10-13-21(14-11-19)30(5)6)31(28(34)27(24)33)17-22-8-7-15-35-22/h9-14,16,22,25,32H,7-8,15,17H2,1-6H3/b26-24+. The Balaban J connectivity index is 1.86. The van der Waals surface area contributed by atoms with Crippen molar-refractivity contribution in [2.75, 3.05) is 32.1 Å². The largest absolute Gasteiger partial charge is 0.507 e. The second-order valence-corrected chi connectivity index (χ2v) is 10.9. The molecule has 2 unspecified atom stereocenters. The Morgan fingerprint density at radius 2 is 1.80 bits per heavy atom. The lowest BCUT2D eigenvalue weighted by Crippen LogP contribution is -2.36. The predicted octanol–water partition coefficient (Wildman–Crippen LogP) is 4.96. The Morgan fingerprint density at radius 3 is 2.37 bits per heavy atom. The van der Waals surface area contributed by atoms with E-state index in [0.717, 1.165) is 35.2 Å². The van der Waals surface area contributed by atoms with Gasteiger partial charge in [-0.1, -0.05) is 45.0 Å². The molecule has 6 nitrogen and oxygen atoms in total. The average Bonchev–Trinajstić information content (AvgIpc) is 3.40. The first-order chi connectivity index (χ1) is 16.5. The van der Waals surface area contributed by atoms with Crippen LogP contribution in [0.5, 0.6) is 0 Å². The molecule has 2 atom stereocenters. The third-order valence-electron chi connectivity index (χ3n) is 7.05. The summed E-state index contributed by atoms with van der Waals surface area (Å²) < 4.78 is 5.80. The van der Waals surface area contributed by atoms with Crippen molar-refractivity contribution in [3.05, 3.63) is 70.3 Å². The molecule has 6 heteroatoms. The highest BCUT2D eigenvalue weighted by molar-refractivity contribution is 6.46. The van der Waals surface area contributed by atoms with Crippen LogP contribution in [0.3, 0.4) is 0 Å². The van der Waals surface area contributed by atoms with E-state index in [1.807, 2.05) is 68.4 Å². The molecule has 1 amide bonds. The lowest BCUT2D eigenvalue weighted by molar-refractivity contribution is -0.140. The molecule has 0 bridgehead atoms. The van der Waals surface area contributed by atoms with Crippen LogP contribution in [0.4, 0.5) is 5.69 Å². The molecule has 2 heterocycles. The average molecular weight is 477 g/mol. The smallest absolute Gasteiger partial charge is 0.295 e. The van der Waals surface area contributed by atoms with Crippen LogP contribution in [0.15, 0.2) is 48.0 Å². The maximum Gasteiger partial charge on any atom is 0.295 e. The molecule has 2 saturated heterocycles. The highest BCUT2D eigenvalue weighted by Crippen LogP contribution is 2.41. The van der Waals surface area contributed by atoms with E-state index in [-0.39, 0.29) is 22.9 Å². The van der Waals surface area contributed by atoms with Crippen molar-refractivity contribution in [3.8, 4) is 0 Å². The first-order valence-corrected chi connectivity index (χ1v) is 12.3. The van der Waals surface area contributed by atoms with Crippen molar-refractivity contribution in [2.45, 2.75) is 58.1 Å². The van der Waals surface area contributed by atoms with E-state index in [2.05, 4.69) is 20.8 Å². The first kappa shape index (κ1) is 25.0. The summed E-state index contributed by atoms with van der Waals surface area (Å²) in [4.78, 5) is 30.3. The van der Waals surface area contributed by atoms with E-state index in [9.17, 15) is 14.7 Å². The van der Waals surface area contributed by atoms with Gasteiger partial charge in [0, 0.05) is 38.5 Å². The van der Waals surface area contributed by atoms with Gasteiger partial charge in [-0.25, -0.2) is 0 Å². The SMILES string of the molecule is Cc1ccc(C(C)(C)C)cc1/C(O)=C1\C(=O)C(=O)N(CC2CCCO2)C1c1ccc(N(C)C)cc1. The van der Waals surface area contributed by atoms with Crippen molar-refractivity contribution >= 4 is 23.1 Å². The van der Waals surface area contributed by atoms with E-state index >= 15 is 0 Å². The Bertz CT molecular complexity index is 1150. The number of nitrogens with zero attached hydrogens (tertiary/aromatic N) is 2. The summed E-state index contributed by atoms with van der Waals surface area (Å²) in [6.07, 6.45) is 1.68. The minimum absolute atomic E-state index is 0.109. The van der Waals surface area contributed by atoms with Crippen molar-refractivity contribution in [1.82, 2.24) is 4.90 Å². The molecule has 0 aromatic heterocycles. The van der Waals surface area contributed by atoms with Crippen LogP contribution in [-0.2, 0) is 19.7 Å². The van der Waals surface area contributed by atoms with Gasteiger partial charge in [-0.2, -0.15) is 0 Å². The van der Waals surface area contributed by atoms with Gasteiger partial charge in [0.2, 0.25) is 0 Å². The minimum atomic E-state index is -0.673. The quantitative estimate of drug-likeness (QED) is 0.375. The first-order valence-electron chi connectivity index (χ1n) is 12.3. The number of aryl methyl sites for hydroxylation is 1. The molecule has 2 aromatic carbocycles. The van der Waals surface area contributed by atoms with Crippen molar-refractivity contribution in [3.63, 3.8) is 0 Å². The van der Waals surface area contributed by atoms with Crippen LogP contribution >= 0.6 is 0 Å². The van der Waals surface area contributed by atoms with Gasteiger partial charge < -0.3 is 19.6 Å². The van der Waals surface area contributed by atoms with Crippen LogP contribution in [0.2, 0.25) is 0 Å². The van der Waals surface area contributed by atoms with Gasteiger partial charge in [-0.15, -0.1) is 0 Å². The Hall–Kier alpha value is -3.12. The number of rotatable bonds is 5. The number of ketones is 1. The molecular weight excluding hydrogens is 440 g/mol. The lowest BCUT2D eigenvalue weighted by atomic mass is 9.84. The number of aliphatic hydroxyl groups is 1. The molecule has 35 heavy (non-hydrogen) atoms. The second kappa shape index (κ2) is 9.50. The number of benzene rings is 2. The monoisotopic (exact) mass is 476 g/mol. The number of hydrogen-bond acceptors (Lipinski definition) is 5. The fourth-order valence-corrected chi connectivity index (χ4v) is 4.87. The summed E-state index contributed by atoms with van der Waals surface area (Å²) in [5, 5.41) is 11.6. The van der Waals surface area contributed by atoms with Crippen LogP contribution in [0, 0.1) is 6.92 Å². The Kier molecular flexibility index (Phi) is 6.78. The maximum atomic E-state index is 13.4. The number of anilines is 1. The summed E-state index contributed by atoms with van der Waals surface area (Å²) in [5.74, 6) is -1.36. The van der Waals surface area contributed by atoms with E-state index in [4.69, 9.17) is 4.74 Å². The van der Waals surface area contributed by atoms with E-state index < -0.39 is 17.7 Å². The van der Waals surface area contributed by atoms with E-state index in [1.54, 1.807) is 4.90 Å². The van der Waals surface area contributed by atoms with Crippen LogP contribution in [0.1, 0.15) is 61.9 Å². The molecule has 2 aliphatic heterocycles. The number of Topliss-reactive ketones (excluding diaryl/α,β-unsaturated/α-hetero) is 1. The van der Waals surface area contributed by atoms with Crippen molar-refractivity contribution in [1.29, 1.82) is 0 Å². The van der Waals surface area contributed by atoms with Gasteiger partial charge in [0.25, 0.3) is 11.7 Å². The molecular formula is C29H36N2O4. The Morgan fingerprint density at radius 1 is 1.11 bits per heavy atom. The summed E-state index contributed by atoms with van der Waals surface area (Å²) >= 11 is 0. The van der Waals surface area contributed by atoms with Crippen LogP contribution in [-0.4, -0.2) is 55.0 Å². The molecule has 2 fully saturated rings. The highest BCUT2D eigenvalue weighted by atomic mass is 16.5. The molecule has 2 aliphatic rings.